The number of anilines is 1. The van der Waals surface area contributed by atoms with E-state index in [-0.39, 0.29) is 23.8 Å². The molecule has 0 spiro atoms. The second kappa shape index (κ2) is 10.3. The van der Waals surface area contributed by atoms with Crippen molar-refractivity contribution in [3.8, 4) is 6.07 Å². The number of carbonyl (C=O) groups is 2. The molecule has 0 atom stereocenters. The Balaban J connectivity index is 1.90. The highest BCUT2D eigenvalue weighted by Gasteiger charge is 2.29. The number of para-hydroxylation sites is 1. The van der Waals surface area contributed by atoms with Crippen molar-refractivity contribution >= 4 is 17.5 Å². The molecule has 2 aromatic carbocycles. The summed E-state index contributed by atoms with van der Waals surface area (Å²) in [5.41, 5.74) is 8.89. The fourth-order valence-corrected chi connectivity index (χ4v) is 3.60. The van der Waals surface area contributed by atoms with E-state index in [1.807, 2.05) is 38.1 Å². The summed E-state index contributed by atoms with van der Waals surface area (Å²) in [7, 11) is 0. The summed E-state index contributed by atoms with van der Waals surface area (Å²) < 4.78 is 5.22. The van der Waals surface area contributed by atoms with E-state index >= 15 is 0 Å². The molecule has 0 aliphatic heterocycles. The third-order valence-corrected chi connectivity index (χ3v) is 5.61. The summed E-state index contributed by atoms with van der Waals surface area (Å²) in [5, 5.41) is 15.8. The number of hydrogen-bond donors (Lipinski definition) is 2. The van der Waals surface area contributed by atoms with E-state index in [0.717, 1.165) is 5.56 Å². The molecular weight excluding hydrogens is 430 g/mol. The SMILES string of the molecule is Cc1noc(C)c1C(=O)N(Cc1ccccc1NC(=O)c1ccc(C#N)cc1)CC(C)(C)CN. The highest BCUT2D eigenvalue weighted by molar-refractivity contribution is 6.04. The Morgan fingerprint density at radius 1 is 1.15 bits per heavy atom. The van der Waals surface area contributed by atoms with Crippen LogP contribution in [0.15, 0.2) is 53.1 Å². The molecule has 1 aromatic heterocycles. The highest BCUT2D eigenvalue weighted by Crippen LogP contribution is 2.25. The number of amides is 2. The third kappa shape index (κ3) is 5.69. The topological polar surface area (TPSA) is 125 Å². The van der Waals surface area contributed by atoms with E-state index in [1.165, 1.54) is 0 Å². The third-order valence-electron chi connectivity index (χ3n) is 5.61. The smallest absolute Gasteiger partial charge is 0.259 e. The summed E-state index contributed by atoms with van der Waals surface area (Å²) in [4.78, 5) is 28.1. The van der Waals surface area contributed by atoms with Crippen molar-refractivity contribution in [2.24, 2.45) is 11.1 Å². The van der Waals surface area contributed by atoms with Crippen LogP contribution in [0, 0.1) is 30.6 Å². The van der Waals surface area contributed by atoms with E-state index in [0.29, 0.717) is 46.9 Å². The lowest BCUT2D eigenvalue weighted by Crippen LogP contribution is -2.42. The molecule has 3 N–H and O–H groups in total. The van der Waals surface area contributed by atoms with Gasteiger partial charge in [0.05, 0.1) is 17.3 Å². The highest BCUT2D eigenvalue weighted by atomic mass is 16.5. The summed E-state index contributed by atoms with van der Waals surface area (Å²) in [5.74, 6) is -0.0470. The maximum absolute atomic E-state index is 13.5. The van der Waals surface area contributed by atoms with Gasteiger partial charge in [-0.15, -0.1) is 0 Å². The number of aryl methyl sites for hydroxylation is 2. The van der Waals surface area contributed by atoms with E-state index in [1.54, 1.807) is 49.1 Å². The van der Waals surface area contributed by atoms with Gasteiger partial charge in [-0.2, -0.15) is 5.26 Å². The molecule has 34 heavy (non-hydrogen) atoms. The molecule has 0 saturated carbocycles. The van der Waals surface area contributed by atoms with Crippen LogP contribution in [0.5, 0.6) is 0 Å². The van der Waals surface area contributed by atoms with E-state index in [4.69, 9.17) is 15.5 Å². The van der Waals surface area contributed by atoms with E-state index in [2.05, 4.69) is 10.5 Å². The second-order valence-electron chi connectivity index (χ2n) is 9.03. The van der Waals surface area contributed by atoms with Crippen LogP contribution < -0.4 is 11.1 Å². The van der Waals surface area contributed by atoms with Crippen LogP contribution in [0.3, 0.4) is 0 Å². The average Bonchev–Trinajstić information content (AvgIpc) is 3.17. The summed E-state index contributed by atoms with van der Waals surface area (Å²) in [6, 6.07) is 15.8. The standard InChI is InChI=1S/C26H29N5O3/c1-17-23(18(2)34-30-17)25(33)31(16-26(3,4)15-28)14-21-7-5-6-8-22(21)29-24(32)20-11-9-19(13-27)10-12-20/h5-12H,14-16,28H2,1-4H3,(H,29,32). The molecule has 0 aliphatic carbocycles. The fraction of sp³-hybridized carbons (Fsp3) is 0.308. The number of nitrogens with zero attached hydrogens (tertiary/aromatic N) is 3. The van der Waals surface area contributed by atoms with Gasteiger partial charge in [-0.05, 0) is 61.7 Å². The first-order valence-corrected chi connectivity index (χ1v) is 11.0. The van der Waals surface area contributed by atoms with Crippen molar-refractivity contribution < 1.29 is 14.1 Å². The molecule has 8 heteroatoms. The number of benzene rings is 2. The normalized spacial score (nSPS) is 11.1. The van der Waals surface area contributed by atoms with Gasteiger partial charge in [-0.25, -0.2) is 0 Å². The zero-order chi connectivity index (χ0) is 24.9. The van der Waals surface area contributed by atoms with Crippen LogP contribution in [-0.4, -0.2) is 35.0 Å². The molecule has 0 fully saturated rings. The van der Waals surface area contributed by atoms with Crippen molar-refractivity contribution in [1.29, 1.82) is 5.26 Å². The number of nitriles is 1. The van der Waals surface area contributed by atoms with Crippen molar-refractivity contribution in [2.45, 2.75) is 34.2 Å². The Morgan fingerprint density at radius 3 is 2.41 bits per heavy atom. The molecule has 2 amide bonds. The lowest BCUT2D eigenvalue weighted by molar-refractivity contribution is 0.0671. The van der Waals surface area contributed by atoms with Gasteiger partial charge in [-0.1, -0.05) is 37.2 Å². The molecule has 1 heterocycles. The van der Waals surface area contributed by atoms with Gasteiger partial charge in [0, 0.05) is 24.3 Å². The van der Waals surface area contributed by atoms with Gasteiger partial charge >= 0.3 is 0 Å². The predicted molar refractivity (Wildman–Crippen MR) is 129 cm³/mol. The maximum atomic E-state index is 13.5. The van der Waals surface area contributed by atoms with Crippen LogP contribution in [0.2, 0.25) is 0 Å². The molecule has 0 radical (unpaired) electrons. The molecule has 3 rings (SSSR count). The number of aromatic nitrogens is 1. The summed E-state index contributed by atoms with van der Waals surface area (Å²) in [6.07, 6.45) is 0. The molecule has 0 aliphatic rings. The Morgan fingerprint density at radius 2 is 1.82 bits per heavy atom. The van der Waals surface area contributed by atoms with Crippen LogP contribution in [0.25, 0.3) is 0 Å². The maximum Gasteiger partial charge on any atom is 0.259 e. The molecule has 0 bridgehead atoms. The molecule has 8 nitrogen and oxygen atoms in total. The van der Waals surface area contributed by atoms with Crippen molar-refractivity contribution in [3.63, 3.8) is 0 Å². The Labute approximate surface area is 199 Å². The van der Waals surface area contributed by atoms with Crippen molar-refractivity contribution in [2.75, 3.05) is 18.4 Å². The minimum atomic E-state index is -0.324. The zero-order valence-electron chi connectivity index (χ0n) is 19.9. The van der Waals surface area contributed by atoms with Gasteiger partial charge in [0.1, 0.15) is 11.3 Å². The van der Waals surface area contributed by atoms with Crippen LogP contribution in [0.1, 0.15) is 57.1 Å². The van der Waals surface area contributed by atoms with Crippen LogP contribution in [0.4, 0.5) is 5.69 Å². The first-order chi connectivity index (χ1) is 16.1. The molecule has 3 aromatic rings. The summed E-state index contributed by atoms with van der Waals surface area (Å²) in [6.45, 7) is 8.52. The number of nitrogens with two attached hydrogens (primary N) is 1. The minimum Gasteiger partial charge on any atom is -0.361 e. The predicted octanol–water partition coefficient (Wildman–Crippen LogP) is 4.04. The largest absolute Gasteiger partial charge is 0.361 e. The van der Waals surface area contributed by atoms with Gasteiger partial charge in [-0.3, -0.25) is 9.59 Å². The number of carbonyl (C=O) groups excluding carboxylic acids is 2. The van der Waals surface area contributed by atoms with Crippen LogP contribution >= 0.6 is 0 Å². The molecule has 0 saturated heterocycles. The molecular formula is C26H29N5O3. The lowest BCUT2D eigenvalue weighted by Gasteiger charge is -2.32. The first kappa shape index (κ1) is 24.7. The van der Waals surface area contributed by atoms with Crippen molar-refractivity contribution in [1.82, 2.24) is 10.1 Å². The quantitative estimate of drug-likeness (QED) is 0.524. The van der Waals surface area contributed by atoms with E-state index < -0.39 is 0 Å². The van der Waals surface area contributed by atoms with Gasteiger partial charge in [0.2, 0.25) is 0 Å². The van der Waals surface area contributed by atoms with E-state index in [9.17, 15) is 9.59 Å². The van der Waals surface area contributed by atoms with Gasteiger partial charge in [0.25, 0.3) is 11.8 Å². The zero-order valence-corrected chi connectivity index (χ0v) is 19.9. The molecule has 0 unspecified atom stereocenters. The van der Waals surface area contributed by atoms with Gasteiger partial charge < -0.3 is 20.5 Å². The Kier molecular flexibility index (Phi) is 7.49. The lowest BCUT2D eigenvalue weighted by atomic mass is 9.92. The molecule has 176 valence electrons. The fourth-order valence-electron chi connectivity index (χ4n) is 3.60. The number of hydrogen-bond acceptors (Lipinski definition) is 6. The Hall–Kier alpha value is -3.96. The minimum absolute atomic E-state index is 0.203. The van der Waals surface area contributed by atoms with Crippen LogP contribution in [-0.2, 0) is 6.54 Å². The van der Waals surface area contributed by atoms with Crippen molar-refractivity contribution in [3.05, 3.63) is 82.2 Å². The first-order valence-electron chi connectivity index (χ1n) is 11.0. The second-order valence-corrected chi connectivity index (χ2v) is 9.03. The average molecular weight is 460 g/mol. The Bertz CT molecular complexity index is 1200. The number of nitrogens with one attached hydrogen (secondary N) is 1. The monoisotopic (exact) mass is 459 g/mol. The summed E-state index contributed by atoms with van der Waals surface area (Å²) >= 11 is 0. The number of rotatable bonds is 8. The van der Waals surface area contributed by atoms with Gasteiger partial charge in [0.15, 0.2) is 0 Å².